The highest BCUT2D eigenvalue weighted by atomic mass is 16.5. The normalized spacial score (nSPS) is 23.9. The van der Waals surface area contributed by atoms with Crippen molar-refractivity contribution in [2.24, 2.45) is 0 Å². The Balaban J connectivity index is 2.50. The number of esters is 1. The Kier molecular flexibility index (Phi) is 6.09. The van der Waals surface area contributed by atoms with Crippen LogP contribution in [0.25, 0.3) is 0 Å². The molecule has 0 amide bonds. The summed E-state index contributed by atoms with van der Waals surface area (Å²) in [5.41, 5.74) is -0.559. The van der Waals surface area contributed by atoms with E-state index < -0.39 is 5.54 Å². The van der Waals surface area contributed by atoms with Crippen LogP contribution in [0.4, 0.5) is 0 Å². The Hall–Kier alpha value is -0.610. The van der Waals surface area contributed by atoms with Gasteiger partial charge in [0.15, 0.2) is 0 Å². The number of ether oxygens (including phenoxy) is 1. The molecule has 1 aliphatic heterocycles. The third-order valence-corrected chi connectivity index (χ3v) is 4.15. The molecule has 0 aromatic carbocycles. The van der Waals surface area contributed by atoms with E-state index in [4.69, 9.17) is 4.74 Å². The number of likely N-dealkylation sites (N-methyl/N-ethyl adjacent to an activating group) is 1. The second-order valence-corrected chi connectivity index (χ2v) is 5.29. The van der Waals surface area contributed by atoms with Crippen LogP contribution in [-0.2, 0) is 9.53 Å². The van der Waals surface area contributed by atoms with Gasteiger partial charge >= 0.3 is 5.97 Å². The highest BCUT2D eigenvalue weighted by molar-refractivity contribution is 5.80. The number of likely N-dealkylation sites (tertiary alicyclic amines) is 1. The average Bonchev–Trinajstić information content (AvgIpc) is 2.83. The molecule has 0 aromatic heterocycles. The molecule has 1 heterocycles. The van der Waals surface area contributed by atoms with Crippen molar-refractivity contribution in [1.82, 2.24) is 10.2 Å². The molecule has 1 fully saturated rings. The van der Waals surface area contributed by atoms with E-state index in [2.05, 4.69) is 17.1 Å². The summed E-state index contributed by atoms with van der Waals surface area (Å²) in [6.07, 6.45) is 4.59. The van der Waals surface area contributed by atoms with Crippen LogP contribution in [0.3, 0.4) is 0 Å². The maximum atomic E-state index is 11.9. The average molecular weight is 256 g/mol. The zero-order chi connectivity index (χ0) is 13.6. The van der Waals surface area contributed by atoms with Gasteiger partial charge in [0.25, 0.3) is 0 Å². The molecular formula is C14H28N2O2. The van der Waals surface area contributed by atoms with Gasteiger partial charge in [0.1, 0.15) is 5.54 Å². The molecule has 0 aromatic rings. The highest BCUT2D eigenvalue weighted by Crippen LogP contribution is 2.22. The van der Waals surface area contributed by atoms with Crippen molar-refractivity contribution in [1.29, 1.82) is 0 Å². The molecule has 1 rings (SSSR count). The molecule has 2 atom stereocenters. The smallest absolute Gasteiger partial charge is 0.326 e. The van der Waals surface area contributed by atoms with Gasteiger partial charge in [-0.3, -0.25) is 4.79 Å². The van der Waals surface area contributed by atoms with Gasteiger partial charge in [-0.1, -0.05) is 6.92 Å². The minimum atomic E-state index is -0.559. The van der Waals surface area contributed by atoms with Crippen LogP contribution in [0.2, 0.25) is 0 Å². The molecule has 2 unspecified atom stereocenters. The Labute approximate surface area is 111 Å². The van der Waals surface area contributed by atoms with E-state index in [0.29, 0.717) is 12.6 Å². The van der Waals surface area contributed by atoms with Crippen LogP contribution in [0.1, 0.15) is 46.5 Å². The first-order valence-electron chi connectivity index (χ1n) is 7.17. The first kappa shape index (κ1) is 15.4. The minimum absolute atomic E-state index is 0.139. The molecular weight excluding hydrogens is 228 g/mol. The lowest BCUT2D eigenvalue weighted by molar-refractivity contribution is -0.150. The third-order valence-electron chi connectivity index (χ3n) is 4.15. The number of carbonyl (C=O) groups excluding carboxylic acids is 1. The number of nitrogens with one attached hydrogen (secondary N) is 1. The first-order valence-corrected chi connectivity index (χ1v) is 7.17. The molecule has 0 radical (unpaired) electrons. The van der Waals surface area contributed by atoms with Gasteiger partial charge in [-0.2, -0.15) is 0 Å². The SMILES string of the molecule is CCOC(=O)C(C)(CCN1CCCC1CC)NC. The van der Waals surface area contributed by atoms with Gasteiger partial charge in [-0.15, -0.1) is 0 Å². The van der Waals surface area contributed by atoms with Crippen LogP contribution in [-0.4, -0.2) is 49.2 Å². The summed E-state index contributed by atoms with van der Waals surface area (Å²) >= 11 is 0. The summed E-state index contributed by atoms with van der Waals surface area (Å²) in [7, 11) is 1.83. The molecule has 4 nitrogen and oxygen atoms in total. The Morgan fingerprint density at radius 3 is 2.78 bits per heavy atom. The quantitative estimate of drug-likeness (QED) is 0.705. The van der Waals surface area contributed by atoms with Crippen molar-refractivity contribution in [2.75, 3.05) is 26.7 Å². The van der Waals surface area contributed by atoms with E-state index in [0.717, 1.165) is 13.0 Å². The molecule has 106 valence electrons. The number of rotatable bonds is 7. The van der Waals surface area contributed by atoms with Gasteiger partial charge in [0.2, 0.25) is 0 Å². The van der Waals surface area contributed by atoms with Crippen LogP contribution in [0, 0.1) is 0 Å². The fourth-order valence-electron chi connectivity index (χ4n) is 2.64. The lowest BCUT2D eigenvalue weighted by Gasteiger charge is -2.31. The number of hydrogen-bond donors (Lipinski definition) is 1. The fourth-order valence-corrected chi connectivity index (χ4v) is 2.64. The number of nitrogens with zero attached hydrogens (tertiary/aromatic N) is 1. The summed E-state index contributed by atoms with van der Waals surface area (Å²) in [6.45, 7) is 8.60. The van der Waals surface area contributed by atoms with Crippen LogP contribution >= 0.6 is 0 Å². The lowest BCUT2D eigenvalue weighted by Crippen LogP contribution is -2.51. The monoisotopic (exact) mass is 256 g/mol. The molecule has 0 aliphatic carbocycles. The fraction of sp³-hybridized carbons (Fsp3) is 0.929. The van der Waals surface area contributed by atoms with Gasteiger partial charge in [-0.25, -0.2) is 0 Å². The second-order valence-electron chi connectivity index (χ2n) is 5.29. The standard InChI is InChI=1S/C14H28N2O2/c1-5-12-8-7-10-16(12)11-9-14(3,15-4)13(17)18-6-2/h12,15H,5-11H2,1-4H3. The van der Waals surface area contributed by atoms with Gasteiger partial charge in [0.05, 0.1) is 6.61 Å². The van der Waals surface area contributed by atoms with Crippen LogP contribution < -0.4 is 5.32 Å². The molecule has 18 heavy (non-hydrogen) atoms. The summed E-state index contributed by atoms with van der Waals surface area (Å²) < 4.78 is 5.15. The van der Waals surface area contributed by atoms with Crippen molar-refractivity contribution in [2.45, 2.75) is 58.0 Å². The molecule has 1 aliphatic rings. The topological polar surface area (TPSA) is 41.6 Å². The first-order chi connectivity index (χ1) is 8.57. The zero-order valence-corrected chi connectivity index (χ0v) is 12.3. The van der Waals surface area contributed by atoms with Crippen molar-refractivity contribution >= 4 is 5.97 Å². The largest absolute Gasteiger partial charge is 0.465 e. The van der Waals surface area contributed by atoms with E-state index in [1.165, 1.54) is 25.8 Å². The van der Waals surface area contributed by atoms with Crippen molar-refractivity contribution in [3.63, 3.8) is 0 Å². The molecule has 1 saturated heterocycles. The molecule has 1 N–H and O–H groups in total. The molecule has 0 spiro atoms. The summed E-state index contributed by atoms with van der Waals surface area (Å²) in [5, 5.41) is 3.12. The highest BCUT2D eigenvalue weighted by Gasteiger charge is 2.34. The van der Waals surface area contributed by atoms with E-state index in [9.17, 15) is 4.79 Å². The molecule has 0 saturated carbocycles. The predicted molar refractivity (Wildman–Crippen MR) is 73.6 cm³/mol. The second kappa shape index (κ2) is 7.10. The van der Waals surface area contributed by atoms with Crippen LogP contribution in [0.15, 0.2) is 0 Å². The zero-order valence-electron chi connectivity index (χ0n) is 12.3. The predicted octanol–water partition coefficient (Wildman–Crippen LogP) is 1.79. The maximum absolute atomic E-state index is 11.9. The van der Waals surface area contributed by atoms with Crippen molar-refractivity contribution in [3.05, 3.63) is 0 Å². The van der Waals surface area contributed by atoms with Crippen LogP contribution in [0.5, 0.6) is 0 Å². The van der Waals surface area contributed by atoms with Crippen molar-refractivity contribution in [3.8, 4) is 0 Å². The minimum Gasteiger partial charge on any atom is -0.465 e. The third kappa shape index (κ3) is 3.69. The Bertz CT molecular complexity index is 271. The van der Waals surface area contributed by atoms with E-state index in [-0.39, 0.29) is 5.97 Å². The Morgan fingerprint density at radius 2 is 2.22 bits per heavy atom. The maximum Gasteiger partial charge on any atom is 0.326 e. The number of hydrogen-bond acceptors (Lipinski definition) is 4. The van der Waals surface area contributed by atoms with Gasteiger partial charge in [-0.05, 0) is 53.1 Å². The van der Waals surface area contributed by atoms with Gasteiger partial charge in [0, 0.05) is 12.6 Å². The summed E-state index contributed by atoms with van der Waals surface area (Å²) in [5.74, 6) is -0.139. The summed E-state index contributed by atoms with van der Waals surface area (Å²) in [4.78, 5) is 14.5. The number of carbonyl (C=O) groups is 1. The van der Waals surface area contributed by atoms with E-state index in [1.54, 1.807) is 0 Å². The van der Waals surface area contributed by atoms with Gasteiger partial charge < -0.3 is 15.0 Å². The Morgan fingerprint density at radius 1 is 1.50 bits per heavy atom. The van der Waals surface area contributed by atoms with Crippen molar-refractivity contribution < 1.29 is 9.53 Å². The lowest BCUT2D eigenvalue weighted by atomic mass is 9.97. The molecule has 4 heteroatoms. The molecule has 0 bridgehead atoms. The van der Waals surface area contributed by atoms with E-state index >= 15 is 0 Å². The summed E-state index contributed by atoms with van der Waals surface area (Å²) in [6, 6.07) is 0.702. The van der Waals surface area contributed by atoms with E-state index in [1.807, 2.05) is 20.9 Å².